The van der Waals surface area contributed by atoms with Gasteiger partial charge in [-0.3, -0.25) is 9.69 Å². The number of carbonyl (C=O) groups excluding carboxylic acids is 1. The monoisotopic (exact) mass is 296 g/mol. The molecule has 1 aliphatic heterocycles. The summed E-state index contributed by atoms with van der Waals surface area (Å²) in [6.07, 6.45) is 2.49. The Bertz CT molecular complexity index is 474. The Kier molecular flexibility index (Phi) is 5.20. The molecule has 20 heavy (non-hydrogen) atoms. The maximum absolute atomic E-state index is 12.1. The quantitative estimate of drug-likeness (QED) is 0.872. The van der Waals surface area contributed by atoms with Crippen molar-refractivity contribution >= 4 is 23.3 Å². The van der Waals surface area contributed by atoms with E-state index >= 15 is 0 Å². The second-order valence-electron chi connectivity index (χ2n) is 5.08. The molecule has 1 atom stereocenters. The van der Waals surface area contributed by atoms with E-state index in [1.807, 2.05) is 0 Å². The predicted octanol–water partition coefficient (Wildman–Crippen LogP) is 1.99. The van der Waals surface area contributed by atoms with Gasteiger partial charge in [-0.05, 0) is 45.0 Å². The molecule has 110 valence electrons. The summed E-state index contributed by atoms with van der Waals surface area (Å²) in [7, 11) is 1.76. The molecule has 2 N–H and O–H groups in total. The maximum Gasteiger partial charge on any atom is 0.271 e. The van der Waals surface area contributed by atoms with Gasteiger partial charge in [0, 0.05) is 19.6 Å². The van der Waals surface area contributed by atoms with Crippen LogP contribution in [0.4, 0.5) is 5.82 Å². The SMILES string of the molecule is CNc1ccc(Cl)c(C(=O)NCC(C)N2CCCC2)n1. The van der Waals surface area contributed by atoms with E-state index < -0.39 is 0 Å². The molecule has 1 aromatic heterocycles. The molecule has 0 aliphatic carbocycles. The topological polar surface area (TPSA) is 57.3 Å². The van der Waals surface area contributed by atoms with Gasteiger partial charge in [0.25, 0.3) is 5.91 Å². The summed E-state index contributed by atoms with van der Waals surface area (Å²) < 4.78 is 0. The van der Waals surface area contributed by atoms with Gasteiger partial charge >= 0.3 is 0 Å². The number of carbonyl (C=O) groups is 1. The van der Waals surface area contributed by atoms with E-state index in [1.165, 1.54) is 12.8 Å². The van der Waals surface area contributed by atoms with E-state index in [2.05, 4.69) is 27.4 Å². The van der Waals surface area contributed by atoms with Crippen LogP contribution in [0.15, 0.2) is 12.1 Å². The fourth-order valence-corrected chi connectivity index (χ4v) is 2.57. The first-order valence-corrected chi connectivity index (χ1v) is 7.36. The molecule has 0 radical (unpaired) electrons. The Labute approximate surface area is 124 Å². The number of nitrogens with one attached hydrogen (secondary N) is 2. The highest BCUT2D eigenvalue weighted by Crippen LogP contribution is 2.16. The Morgan fingerprint density at radius 3 is 2.80 bits per heavy atom. The van der Waals surface area contributed by atoms with Crippen LogP contribution in [0.5, 0.6) is 0 Å². The molecule has 1 saturated heterocycles. The lowest BCUT2D eigenvalue weighted by Crippen LogP contribution is -2.40. The van der Waals surface area contributed by atoms with Gasteiger partial charge in [-0.2, -0.15) is 0 Å². The highest BCUT2D eigenvalue weighted by molar-refractivity contribution is 6.33. The van der Waals surface area contributed by atoms with E-state index in [4.69, 9.17) is 11.6 Å². The fraction of sp³-hybridized carbons (Fsp3) is 0.571. The van der Waals surface area contributed by atoms with Gasteiger partial charge in [-0.1, -0.05) is 11.6 Å². The number of halogens is 1. The first-order valence-electron chi connectivity index (χ1n) is 6.98. The van der Waals surface area contributed by atoms with Gasteiger partial charge in [0.2, 0.25) is 0 Å². The molecule has 0 spiro atoms. The largest absolute Gasteiger partial charge is 0.373 e. The van der Waals surface area contributed by atoms with Gasteiger partial charge < -0.3 is 10.6 Å². The molecule has 6 heteroatoms. The predicted molar refractivity (Wildman–Crippen MR) is 81.4 cm³/mol. The van der Waals surface area contributed by atoms with Gasteiger partial charge in [0.05, 0.1) is 5.02 Å². The van der Waals surface area contributed by atoms with E-state index in [0.717, 1.165) is 13.1 Å². The van der Waals surface area contributed by atoms with Crippen molar-refractivity contribution in [2.45, 2.75) is 25.8 Å². The minimum Gasteiger partial charge on any atom is -0.373 e. The van der Waals surface area contributed by atoms with Crippen LogP contribution in [-0.2, 0) is 0 Å². The Balaban J connectivity index is 1.94. The number of amides is 1. The lowest BCUT2D eigenvalue weighted by atomic mass is 10.2. The molecule has 1 aliphatic rings. The highest BCUT2D eigenvalue weighted by atomic mass is 35.5. The van der Waals surface area contributed by atoms with Crippen molar-refractivity contribution in [3.05, 3.63) is 22.8 Å². The first kappa shape index (κ1) is 15.1. The molecular weight excluding hydrogens is 276 g/mol. The first-order chi connectivity index (χ1) is 9.61. The second-order valence-corrected chi connectivity index (χ2v) is 5.49. The number of pyridine rings is 1. The molecule has 1 unspecified atom stereocenters. The maximum atomic E-state index is 12.1. The van der Waals surface area contributed by atoms with Crippen LogP contribution in [0.1, 0.15) is 30.3 Å². The summed E-state index contributed by atoms with van der Waals surface area (Å²) in [5.74, 6) is 0.408. The molecule has 5 nitrogen and oxygen atoms in total. The standard InChI is InChI=1S/C14H21ClN4O/c1-10(19-7-3-4-8-19)9-17-14(20)13-11(15)5-6-12(16-2)18-13/h5-6,10H,3-4,7-9H2,1-2H3,(H,16,18)(H,17,20). The van der Waals surface area contributed by atoms with Crippen molar-refractivity contribution in [2.75, 3.05) is 32.0 Å². The third kappa shape index (κ3) is 3.61. The molecule has 0 bridgehead atoms. The van der Waals surface area contributed by atoms with Crippen molar-refractivity contribution in [2.24, 2.45) is 0 Å². The molecule has 2 heterocycles. The van der Waals surface area contributed by atoms with Crippen LogP contribution >= 0.6 is 11.6 Å². The van der Waals surface area contributed by atoms with Gasteiger partial charge in [-0.25, -0.2) is 4.98 Å². The zero-order valence-corrected chi connectivity index (χ0v) is 12.7. The van der Waals surface area contributed by atoms with Crippen LogP contribution in [0, 0.1) is 0 Å². The summed E-state index contributed by atoms with van der Waals surface area (Å²) in [5.41, 5.74) is 0.270. The van der Waals surface area contributed by atoms with E-state index in [0.29, 0.717) is 23.4 Å². The minimum absolute atomic E-state index is 0.224. The summed E-state index contributed by atoms with van der Waals surface area (Å²) in [6.45, 7) is 4.97. The molecule has 1 aromatic rings. The van der Waals surface area contributed by atoms with Crippen molar-refractivity contribution < 1.29 is 4.79 Å². The zero-order valence-electron chi connectivity index (χ0n) is 11.9. The number of anilines is 1. The van der Waals surface area contributed by atoms with Crippen LogP contribution in [0.3, 0.4) is 0 Å². The summed E-state index contributed by atoms with van der Waals surface area (Å²) in [4.78, 5) is 18.7. The Morgan fingerprint density at radius 2 is 2.15 bits per heavy atom. The van der Waals surface area contributed by atoms with Crippen LogP contribution in [-0.4, -0.2) is 48.5 Å². The average molecular weight is 297 g/mol. The normalized spacial score (nSPS) is 16.9. The van der Waals surface area contributed by atoms with Crippen LogP contribution in [0.2, 0.25) is 5.02 Å². The number of aromatic nitrogens is 1. The minimum atomic E-state index is -0.224. The molecule has 0 aromatic carbocycles. The fourth-order valence-electron chi connectivity index (χ4n) is 2.38. The highest BCUT2D eigenvalue weighted by Gasteiger charge is 2.19. The van der Waals surface area contributed by atoms with E-state index in [9.17, 15) is 4.79 Å². The van der Waals surface area contributed by atoms with Gasteiger partial charge in [-0.15, -0.1) is 0 Å². The average Bonchev–Trinajstić information content (AvgIpc) is 2.99. The van der Waals surface area contributed by atoms with Crippen molar-refractivity contribution in [1.29, 1.82) is 0 Å². The second kappa shape index (κ2) is 6.90. The lowest BCUT2D eigenvalue weighted by Gasteiger charge is -2.23. The van der Waals surface area contributed by atoms with Crippen molar-refractivity contribution in [3.63, 3.8) is 0 Å². The third-order valence-electron chi connectivity index (χ3n) is 3.64. The van der Waals surface area contributed by atoms with Crippen LogP contribution < -0.4 is 10.6 Å². The molecular formula is C14H21ClN4O. The summed E-state index contributed by atoms with van der Waals surface area (Å²) >= 11 is 6.03. The number of likely N-dealkylation sites (tertiary alicyclic amines) is 1. The Morgan fingerprint density at radius 1 is 1.45 bits per heavy atom. The van der Waals surface area contributed by atoms with Crippen LogP contribution in [0.25, 0.3) is 0 Å². The van der Waals surface area contributed by atoms with Crippen molar-refractivity contribution in [1.82, 2.24) is 15.2 Å². The third-order valence-corrected chi connectivity index (χ3v) is 3.94. The molecule has 0 saturated carbocycles. The lowest BCUT2D eigenvalue weighted by molar-refractivity contribution is 0.0935. The van der Waals surface area contributed by atoms with Gasteiger partial charge in [0.15, 0.2) is 0 Å². The number of hydrogen-bond donors (Lipinski definition) is 2. The molecule has 2 rings (SSSR count). The Hall–Kier alpha value is -1.33. The smallest absolute Gasteiger partial charge is 0.271 e. The summed E-state index contributed by atoms with van der Waals surface area (Å²) in [5, 5.41) is 6.18. The van der Waals surface area contributed by atoms with Gasteiger partial charge in [0.1, 0.15) is 11.5 Å². The summed E-state index contributed by atoms with van der Waals surface area (Å²) in [6, 6.07) is 3.76. The number of hydrogen-bond acceptors (Lipinski definition) is 4. The molecule has 1 fully saturated rings. The number of nitrogens with zero attached hydrogens (tertiary/aromatic N) is 2. The van der Waals surface area contributed by atoms with E-state index in [1.54, 1.807) is 19.2 Å². The zero-order chi connectivity index (χ0) is 14.5. The number of rotatable bonds is 5. The van der Waals surface area contributed by atoms with E-state index in [-0.39, 0.29) is 11.6 Å². The van der Waals surface area contributed by atoms with Crippen molar-refractivity contribution in [3.8, 4) is 0 Å². The molecule has 1 amide bonds.